The van der Waals surface area contributed by atoms with E-state index in [0.29, 0.717) is 19.5 Å². The number of hydrogen-bond acceptors (Lipinski definition) is 4. The van der Waals surface area contributed by atoms with Crippen molar-refractivity contribution >= 4 is 11.8 Å². The van der Waals surface area contributed by atoms with Crippen molar-refractivity contribution in [2.45, 2.75) is 50.8 Å². The summed E-state index contributed by atoms with van der Waals surface area (Å²) in [7, 11) is 0. The summed E-state index contributed by atoms with van der Waals surface area (Å²) in [6, 6.07) is 13.6. The van der Waals surface area contributed by atoms with Gasteiger partial charge in [-0.15, -0.1) is 0 Å². The summed E-state index contributed by atoms with van der Waals surface area (Å²) in [5.74, 6) is 0.706. The van der Waals surface area contributed by atoms with Crippen LogP contribution < -0.4 is 0 Å². The van der Waals surface area contributed by atoms with Crippen molar-refractivity contribution in [3.63, 3.8) is 0 Å². The van der Waals surface area contributed by atoms with Crippen molar-refractivity contribution in [3.05, 3.63) is 60.1 Å². The molecule has 0 radical (unpaired) electrons. The minimum Gasteiger partial charge on any atom is -0.467 e. The van der Waals surface area contributed by atoms with Crippen LogP contribution in [0.25, 0.3) is 0 Å². The molecule has 1 aromatic heterocycles. The molecule has 2 fully saturated rings. The molecule has 2 aromatic rings. The molecule has 0 bridgehead atoms. The molecule has 154 valence electrons. The molecular formula is C23H28N2O4. The van der Waals surface area contributed by atoms with E-state index >= 15 is 0 Å². The maximum atomic E-state index is 13.2. The molecule has 1 unspecified atom stereocenters. The highest BCUT2D eigenvalue weighted by Gasteiger charge is 2.35. The topological polar surface area (TPSA) is 63.0 Å². The summed E-state index contributed by atoms with van der Waals surface area (Å²) < 4.78 is 11.2. The highest BCUT2D eigenvalue weighted by atomic mass is 16.5. The van der Waals surface area contributed by atoms with Crippen molar-refractivity contribution < 1.29 is 18.7 Å². The van der Waals surface area contributed by atoms with Crippen LogP contribution in [0.4, 0.5) is 0 Å². The lowest BCUT2D eigenvalue weighted by atomic mass is 10.1. The van der Waals surface area contributed by atoms with E-state index in [1.165, 1.54) is 0 Å². The number of carbonyl (C=O) groups excluding carboxylic acids is 2. The Morgan fingerprint density at radius 2 is 1.83 bits per heavy atom. The molecule has 1 aromatic carbocycles. The number of carbonyl (C=O) groups is 2. The molecule has 6 nitrogen and oxygen atoms in total. The second kappa shape index (κ2) is 9.27. The molecule has 2 heterocycles. The SMILES string of the molecule is O=C(CN(C(=O)Cc1ccccc1)C1CC1)N(Cc1ccco1)CC1CCCO1. The van der Waals surface area contributed by atoms with E-state index < -0.39 is 0 Å². The summed E-state index contributed by atoms with van der Waals surface area (Å²) in [6.45, 7) is 1.79. The summed E-state index contributed by atoms with van der Waals surface area (Å²) in [6.07, 6.45) is 5.93. The fraction of sp³-hybridized carbons (Fsp3) is 0.478. The predicted octanol–water partition coefficient (Wildman–Crippen LogP) is 3.02. The summed E-state index contributed by atoms with van der Waals surface area (Å²) in [5.41, 5.74) is 0.974. The highest BCUT2D eigenvalue weighted by Crippen LogP contribution is 2.28. The Hall–Kier alpha value is -2.60. The van der Waals surface area contributed by atoms with Crippen LogP contribution >= 0.6 is 0 Å². The van der Waals surface area contributed by atoms with Crippen molar-refractivity contribution in [2.75, 3.05) is 19.7 Å². The third kappa shape index (κ3) is 5.48. The van der Waals surface area contributed by atoms with E-state index in [-0.39, 0.29) is 30.5 Å². The molecule has 2 aliphatic rings. The third-order valence-electron chi connectivity index (χ3n) is 5.54. The number of nitrogens with zero attached hydrogens (tertiary/aromatic N) is 2. The van der Waals surface area contributed by atoms with Gasteiger partial charge < -0.3 is 19.0 Å². The van der Waals surface area contributed by atoms with Crippen molar-refractivity contribution in [2.24, 2.45) is 0 Å². The molecule has 1 aliphatic heterocycles. The van der Waals surface area contributed by atoms with Gasteiger partial charge in [-0.1, -0.05) is 30.3 Å². The Morgan fingerprint density at radius 3 is 2.48 bits per heavy atom. The third-order valence-corrected chi connectivity index (χ3v) is 5.54. The zero-order valence-electron chi connectivity index (χ0n) is 16.7. The van der Waals surface area contributed by atoms with E-state index in [0.717, 1.165) is 43.6 Å². The van der Waals surface area contributed by atoms with Crippen LogP contribution in [0.5, 0.6) is 0 Å². The smallest absolute Gasteiger partial charge is 0.242 e. The van der Waals surface area contributed by atoms with Crippen molar-refractivity contribution in [1.29, 1.82) is 0 Å². The van der Waals surface area contributed by atoms with Crippen molar-refractivity contribution in [1.82, 2.24) is 9.80 Å². The van der Waals surface area contributed by atoms with E-state index in [1.807, 2.05) is 42.5 Å². The molecule has 1 aliphatic carbocycles. The summed E-state index contributed by atoms with van der Waals surface area (Å²) >= 11 is 0. The van der Waals surface area contributed by atoms with Crippen LogP contribution in [-0.2, 0) is 27.3 Å². The first-order chi connectivity index (χ1) is 14.2. The van der Waals surface area contributed by atoms with Crippen molar-refractivity contribution in [3.8, 4) is 0 Å². The van der Waals surface area contributed by atoms with E-state index in [9.17, 15) is 9.59 Å². The number of benzene rings is 1. The van der Waals surface area contributed by atoms with E-state index in [2.05, 4.69) is 0 Å². The van der Waals surface area contributed by atoms with Gasteiger partial charge in [0, 0.05) is 19.2 Å². The maximum Gasteiger partial charge on any atom is 0.242 e. The lowest BCUT2D eigenvalue weighted by molar-refractivity contribution is -0.142. The van der Waals surface area contributed by atoms with Crippen LogP contribution in [0, 0.1) is 0 Å². The number of rotatable bonds is 9. The molecule has 2 amide bonds. The largest absolute Gasteiger partial charge is 0.467 e. The quantitative estimate of drug-likeness (QED) is 0.654. The molecule has 1 atom stereocenters. The van der Waals surface area contributed by atoms with E-state index in [1.54, 1.807) is 16.1 Å². The number of hydrogen-bond donors (Lipinski definition) is 0. The van der Waals surface area contributed by atoms with Crippen LogP contribution in [0.3, 0.4) is 0 Å². The highest BCUT2D eigenvalue weighted by molar-refractivity contribution is 5.86. The predicted molar refractivity (Wildman–Crippen MR) is 108 cm³/mol. The minimum absolute atomic E-state index is 0.0158. The first-order valence-corrected chi connectivity index (χ1v) is 10.4. The second-order valence-corrected chi connectivity index (χ2v) is 7.90. The Labute approximate surface area is 171 Å². The van der Waals surface area contributed by atoms with Gasteiger partial charge in [0.15, 0.2) is 0 Å². The lowest BCUT2D eigenvalue weighted by Gasteiger charge is -2.29. The Kier molecular flexibility index (Phi) is 6.30. The molecule has 0 spiro atoms. The average Bonchev–Trinajstić information content (AvgIpc) is 3.19. The van der Waals surface area contributed by atoms with Crippen LogP contribution in [-0.4, -0.2) is 53.5 Å². The second-order valence-electron chi connectivity index (χ2n) is 7.90. The normalized spacial score (nSPS) is 18.6. The van der Waals surface area contributed by atoms with Crippen LogP contribution in [0.2, 0.25) is 0 Å². The molecule has 0 N–H and O–H groups in total. The lowest BCUT2D eigenvalue weighted by Crippen LogP contribution is -2.46. The number of ether oxygens (including phenoxy) is 1. The first kappa shape index (κ1) is 19.7. The molecule has 6 heteroatoms. The van der Waals surface area contributed by atoms with Gasteiger partial charge in [0.1, 0.15) is 12.3 Å². The maximum absolute atomic E-state index is 13.2. The van der Waals surface area contributed by atoms with E-state index in [4.69, 9.17) is 9.15 Å². The fourth-order valence-corrected chi connectivity index (χ4v) is 3.80. The number of amides is 2. The molecule has 29 heavy (non-hydrogen) atoms. The standard InChI is InChI=1S/C23H28N2O4/c26-22(14-18-6-2-1-3-7-18)25(19-10-11-19)17-23(27)24(15-20-8-4-12-28-20)16-21-9-5-13-29-21/h1-4,6-8,12,19,21H,5,9-11,13-17H2. The fourth-order valence-electron chi connectivity index (χ4n) is 3.80. The summed E-state index contributed by atoms with van der Waals surface area (Å²) in [4.78, 5) is 29.7. The van der Waals surface area contributed by atoms with Gasteiger partial charge in [0.2, 0.25) is 11.8 Å². The van der Waals surface area contributed by atoms with Crippen LogP contribution in [0.1, 0.15) is 37.0 Å². The minimum atomic E-state index is -0.0507. The van der Waals surface area contributed by atoms with Gasteiger partial charge in [0.05, 0.1) is 25.3 Å². The zero-order valence-corrected chi connectivity index (χ0v) is 16.7. The van der Waals surface area contributed by atoms with Gasteiger partial charge in [-0.2, -0.15) is 0 Å². The van der Waals surface area contributed by atoms with Gasteiger partial charge in [-0.25, -0.2) is 0 Å². The molecular weight excluding hydrogens is 368 g/mol. The molecule has 1 saturated carbocycles. The molecule has 4 rings (SSSR count). The first-order valence-electron chi connectivity index (χ1n) is 10.4. The Balaban J connectivity index is 1.42. The zero-order chi connectivity index (χ0) is 20.1. The average molecular weight is 396 g/mol. The number of furan rings is 1. The van der Waals surface area contributed by atoms with Gasteiger partial charge in [-0.05, 0) is 43.4 Å². The monoisotopic (exact) mass is 396 g/mol. The van der Waals surface area contributed by atoms with Gasteiger partial charge in [-0.3, -0.25) is 9.59 Å². The Bertz CT molecular complexity index is 796. The van der Waals surface area contributed by atoms with Crippen LogP contribution in [0.15, 0.2) is 53.1 Å². The summed E-state index contributed by atoms with van der Waals surface area (Å²) in [5, 5.41) is 0. The van der Waals surface area contributed by atoms with Gasteiger partial charge in [0.25, 0.3) is 0 Å². The molecule has 1 saturated heterocycles. The van der Waals surface area contributed by atoms with Gasteiger partial charge >= 0.3 is 0 Å². The Morgan fingerprint density at radius 1 is 1.00 bits per heavy atom.